The van der Waals surface area contributed by atoms with E-state index < -0.39 is 35.4 Å². The molecular weight excluding hydrogens is 300 g/mol. The van der Waals surface area contributed by atoms with Gasteiger partial charge in [-0.1, -0.05) is 15.9 Å². The van der Waals surface area contributed by atoms with Crippen molar-refractivity contribution >= 4 is 27.6 Å². The summed E-state index contributed by atoms with van der Waals surface area (Å²) in [5.74, 6) is -3.24. The van der Waals surface area contributed by atoms with Crippen LogP contribution < -0.4 is 5.32 Å². The van der Waals surface area contributed by atoms with Crippen LogP contribution in [0.15, 0.2) is 16.6 Å². The molecule has 3 N–H and O–H groups in total. The van der Waals surface area contributed by atoms with Gasteiger partial charge in [-0.05, 0) is 19.1 Å². The third kappa shape index (κ3) is 3.37. The minimum Gasteiger partial charge on any atom is -0.479 e. The molecule has 0 fully saturated rings. The molecule has 1 unspecified atom stereocenters. The Kier molecular flexibility index (Phi) is 4.05. The summed E-state index contributed by atoms with van der Waals surface area (Å²) < 4.78 is 26.9. The second-order valence-electron chi connectivity index (χ2n) is 3.68. The van der Waals surface area contributed by atoms with Crippen LogP contribution in [0, 0.1) is 11.6 Å². The monoisotopic (exact) mass is 309 g/mol. The maximum absolute atomic E-state index is 13.3. The number of aliphatic carboxylic acids is 1. The molecule has 1 rings (SSSR count). The van der Waals surface area contributed by atoms with Crippen LogP contribution in [0.25, 0.3) is 0 Å². The fraction of sp³-hybridized carbons (Fsp3) is 0.300. The number of rotatable bonds is 4. The molecule has 0 aliphatic carbocycles. The minimum absolute atomic E-state index is 0.225. The Hall–Kier alpha value is -1.21. The summed E-state index contributed by atoms with van der Waals surface area (Å²) in [4.78, 5) is 10.6. The number of aliphatic hydroxyl groups is 1. The van der Waals surface area contributed by atoms with E-state index in [-0.39, 0.29) is 4.47 Å². The van der Waals surface area contributed by atoms with Gasteiger partial charge >= 0.3 is 5.97 Å². The van der Waals surface area contributed by atoms with Crippen molar-refractivity contribution in [2.24, 2.45) is 0 Å². The van der Waals surface area contributed by atoms with Crippen LogP contribution in [0.2, 0.25) is 0 Å². The first-order chi connectivity index (χ1) is 7.74. The zero-order valence-corrected chi connectivity index (χ0v) is 10.4. The Balaban J connectivity index is 2.87. The molecule has 1 atom stereocenters. The van der Waals surface area contributed by atoms with Crippen LogP contribution >= 0.6 is 15.9 Å². The number of hydrogen-bond donors (Lipinski definition) is 3. The van der Waals surface area contributed by atoms with Crippen molar-refractivity contribution in [1.82, 2.24) is 0 Å². The summed E-state index contributed by atoms with van der Waals surface area (Å²) in [5, 5.41) is 20.2. The van der Waals surface area contributed by atoms with Crippen molar-refractivity contribution in [3.8, 4) is 0 Å². The summed E-state index contributed by atoms with van der Waals surface area (Å²) in [7, 11) is 0. The van der Waals surface area contributed by atoms with Crippen molar-refractivity contribution in [1.29, 1.82) is 0 Å². The fourth-order valence-corrected chi connectivity index (χ4v) is 1.45. The Morgan fingerprint density at radius 1 is 1.47 bits per heavy atom. The third-order valence-corrected chi connectivity index (χ3v) is 2.53. The zero-order valence-electron chi connectivity index (χ0n) is 8.80. The topological polar surface area (TPSA) is 69.6 Å². The van der Waals surface area contributed by atoms with Gasteiger partial charge in [-0.25, -0.2) is 13.6 Å². The van der Waals surface area contributed by atoms with Gasteiger partial charge in [-0.3, -0.25) is 0 Å². The molecule has 0 bridgehead atoms. The molecule has 1 aromatic rings. The maximum atomic E-state index is 13.3. The van der Waals surface area contributed by atoms with E-state index in [1.807, 2.05) is 0 Å². The van der Waals surface area contributed by atoms with Gasteiger partial charge in [0.05, 0.1) is 6.54 Å². The van der Waals surface area contributed by atoms with Crippen molar-refractivity contribution < 1.29 is 23.8 Å². The van der Waals surface area contributed by atoms with Crippen LogP contribution in [0.3, 0.4) is 0 Å². The third-order valence-electron chi connectivity index (χ3n) is 2.08. The summed E-state index contributed by atoms with van der Waals surface area (Å²) in [5.41, 5.74) is -2.58. The van der Waals surface area contributed by atoms with Crippen molar-refractivity contribution in [2.45, 2.75) is 12.5 Å². The van der Waals surface area contributed by atoms with Gasteiger partial charge in [-0.15, -0.1) is 0 Å². The van der Waals surface area contributed by atoms with Crippen molar-refractivity contribution in [2.75, 3.05) is 11.9 Å². The van der Waals surface area contributed by atoms with Crippen LogP contribution in [0.1, 0.15) is 6.92 Å². The molecule has 0 saturated heterocycles. The molecule has 4 nitrogen and oxygen atoms in total. The van der Waals surface area contributed by atoms with E-state index in [2.05, 4.69) is 21.2 Å². The number of nitrogens with one attached hydrogen (secondary N) is 1. The second-order valence-corrected chi connectivity index (χ2v) is 4.59. The smallest absolute Gasteiger partial charge is 0.337 e. The number of carboxylic acids is 1. The lowest BCUT2D eigenvalue weighted by Gasteiger charge is -2.19. The summed E-state index contributed by atoms with van der Waals surface area (Å²) in [6, 6.07) is 2.06. The lowest BCUT2D eigenvalue weighted by molar-refractivity contribution is -0.155. The van der Waals surface area contributed by atoms with E-state index in [9.17, 15) is 18.7 Å². The molecule has 0 saturated carbocycles. The molecule has 94 valence electrons. The first-order valence-corrected chi connectivity index (χ1v) is 5.37. The molecule has 0 aliphatic heterocycles. The zero-order chi connectivity index (χ0) is 13.2. The predicted molar refractivity (Wildman–Crippen MR) is 60.8 cm³/mol. The van der Waals surface area contributed by atoms with E-state index in [0.717, 1.165) is 19.1 Å². The number of benzene rings is 1. The number of anilines is 1. The Labute approximate surface area is 104 Å². The fourth-order valence-electron chi connectivity index (χ4n) is 1.05. The lowest BCUT2D eigenvalue weighted by atomic mass is 10.1. The molecule has 0 radical (unpaired) electrons. The van der Waals surface area contributed by atoms with Gasteiger partial charge < -0.3 is 15.5 Å². The molecule has 0 aromatic heterocycles. The quantitative estimate of drug-likeness (QED) is 0.795. The van der Waals surface area contributed by atoms with E-state index in [1.54, 1.807) is 0 Å². The van der Waals surface area contributed by atoms with Gasteiger partial charge in [0.1, 0.15) is 17.3 Å². The molecule has 0 amide bonds. The SMILES string of the molecule is CC(O)(CNc1c(F)cc(Br)cc1F)C(=O)O. The standard InChI is InChI=1S/C10H10BrF2NO3/c1-10(17,9(15)16)4-14-8-6(12)2-5(11)3-7(8)13/h2-3,14,17H,4H2,1H3,(H,15,16). The van der Waals surface area contributed by atoms with Gasteiger partial charge in [0, 0.05) is 4.47 Å². The normalized spacial score (nSPS) is 14.2. The summed E-state index contributed by atoms with van der Waals surface area (Å²) >= 11 is 2.91. The highest BCUT2D eigenvalue weighted by Crippen LogP contribution is 2.24. The average Bonchev–Trinajstić information content (AvgIpc) is 2.15. The number of hydrogen-bond acceptors (Lipinski definition) is 3. The van der Waals surface area contributed by atoms with Crippen LogP contribution in [0.5, 0.6) is 0 Å². The highest BCUT2D eigenvalue weighted by atomic mass is 79.9. The van der Waals surface area contributed by atoms with Crippen LogP contribution in [-0.2, 0) is 4.79 Å². The number of carboxylic acid groups (broad SMARTS) is 1. The second kappa shape index (κ2) is 4.97. The Morgan fingerprint density at radius 2 is 1.94 bits per heavy atom. The predicted octanol–water partition coefficient (Wildman–Crippen LogP) is 1.97. The number of carbonyl (C=O) groups is 1. The van der Waals surface area contributed by atoms with Gasteiger partial charge in [-0.2, -0.15) is 0 Å². The molecule has 0 spiro atoms. The van der Waals surface area contributed by atoms with Gasteiger partial charge in [0.2, 0.25) is 0 Å². The molecule has 17 heavy (non-hydrogen) atoms. The molecule has 1 aromatic carbocycles. The molecule has 0 heterocycles. The Bertz CT molecular complexity index is 428. The van der Waals surface area contributed by atoms with E-state index in [4.69, 9.17) is 5.11 Å². The summed E-state index contributed by atoms with van der Waals surface area (Å²) in [6.45, 7) is 0.509. The van der Waals surface area contributed by atoms with E-state index >= 15 is 0 Å². The number of halogens is 3. The van der Waals surface area contributed by atoms with E-state index in [0.29, 0.717) is 0 Å². The molecule has 0 aliphatic rings. The van der Waals surface area contributed by atoms with Crippen molar-refractivity contribution in [3.05, 3.63) is 28.2 Å². The molecular formula is C10H10BrF2NO3. The summed E-state index contributed by atoms with van der Waals surface area (Å²) in [6.07, 6.45) is 0. The highest BCUT2D eigenvalue weighted by molar-refractivity contribution is 9.10. The van der Waals surface area contributed by atoms with Gasteiger partial charge in [0.15, 0.2) is 5.60 Å². The Morgan fingerprint density at radius 3 is 2.35 bits per heavy atom. The molecule has 7 heteroatoms. The largest absolute Gasteiger partial charge is 0.479 e. The van der Waals surface area contributed by atoms with E-state index in [1.165, 1.54) is 0 Å². The first kappa shape index (κ1) is 13.9. The van der Waals surface area contributed by atoms with Crippen LogP contribution in [-0.4, -0.2) is 28.3 Å². The first-order valence-electron chi connectivity index (χ1n) is 4.58. The van der Waals surface area contributed by atoms with Gasteiger partial charge in [0.25, 0.3) is 0 Å². The average molecular weight is 310 g/mol. The van der Waals surface area contributed by atoms with Crippen molar-refractivity contribution in [3.63, 3.8) is 0 Å². The lowest BCUT2D eigenvalue weighted by Crippen LogP contribution is -2.42. The van der Waals surface area contributed by atoms with Crippen LogP contribution in [0.4, 0.5) is 14.5 Å². The minimum atomic E-state index is -2.11. The highest BCUT2D eigenvalue weighted by Gasteiger charge is 2.30. The maximum Gasteiger partial charge on any atom is 0.337 e.